The quantitative estimate of drug-likeness (QED) is 0.779. The fourth-order valence-electron chi connectivity index (χ4n) is 1.28. The highest BCUT2D eigenvalue weighted by Crippen LogP contribution is 2.18. The van der Waals surface area contributed by atoms with Crippen molar-refractivity contribution in [2.75, 3.05) is 13.2 Å². The summed E-state index contributed by atoms with van der Waals surface area (Å²) >= 11 is 0. The summed E-state index contributed by atoms with van der Waals surface area (Å²) in [6.45, 7) is 4.88. The normalized spacial score (nSPS) is 10.0. The van der Waals surface area contributed by atoms with Crippen molar-refractivity contribution in [1.29, 1.82) is 0 Å². The molecule has 0 fully saturated rings. The molecule has 2 nitrogen and oxygen atoms in total. The van der Waals surface area contributed by atoms with Crippen molar-refractivity contribution in [1.82, 2.24) is 0 Å². The number of benzene rings is 1. The van der Waals surface area contributed by atoms with Gasteiger partial charge in [0.25, 0.3) is 0 Å². The standard InChI is InChI=1S/C13H18FNO/c1-10(2)6-8-16-13-4-3-11(5-7-15)9-12(13)14/h3-4,6,9H,5,7-8,15H2,1-2H3. The first-order valence-corrected chi connectivity index (χ1v) is 5.38. The Labute approximate surface area is 95.9 Å². The van der Waals surface area contributed by atoms with Crippen LogP contribution in [0.15, 0.2) is 29.8 Å². The van der Waals surface area contributed by atoms with Gasteiger partial charge in [-0.3, -0.25) is 0 Å². The molecule has 0 aromatic heterocycles. The molecule has 1 aromatic rings. The molecule has 3 heteroatoms. The van der Waals surface area contributed by atoms with Crippen LogP contribution in [-0.2, 0) is 6.42 Å². The number of nitrogens with two attached hydrogens (primary N) is 1. The average molecular weight is 223 g/mol. The van der Waals surface area contributed by atoms with Gasteiger partial charge in [-0.2, -0.15) is 0 Å². The van der Waals surface area contributed by atoms with Crippen LogP contribution in [0, 0.1) is 5.82 Å². The van der Waals surface area contributed by atoms with Gasteiger partial charge in [0.15, 0.2) is 11.6 Å². The molecule has 0 radical (unpaired) electrons. The molecule has 0 aliphatic rings. The van der Waals surface area contributed by atoms with E-state index in [0.29, 0.717) is 25.3 Å². The maximum Gasteiger partial charge on any atom is 0.165 e. The third kappa shape index (κ3) is 4.03. The molecule has 1 aromatic carbocycles. The molecule has 0 saturated carbocycles. The van der Waals surface area contributed by atoms with Crippen LogP contribution in [0.25, 0.3) is 0 Å². The van der Waals surface area contributed by atoms with Gasteiger partial charge in [0.05, 0.1) is 0 Å². The van der Waals surface area contributed by atoms with E-state index in [4.69, 9.17) is 10.5 Å². The monoisotopic (exact) mass is 223 g/mol. The predicted molar refractivity (Wildman–Crippen MR) is 64.1 cm³/mol. The molecule has 0 spiro atoms. The summed E-state index contributed by atoms with van der Waals surface area (Å²) in [7, 11) is 0. The second kappa shape index (κ2) is 6.28. The lowest BCUT2D eigenvalue weighted by Crippen LogP contribution is -2.03. The number of allylic oxidation sites excluding steroid dienone is 1. The van der Waals surface area contributed by atoms with E-state index in [1.54, 1.807) is 6.07 Å². The Hall–Kier alpha value is -1.35. The molecule has 1 rings (SSSR count). The van der Waals surface area contributed by atoms with E-state index in [1.165, 1.54) is 6.07 Å². The van der Waals surface area contributed by atoms with Crippen molar-refractivity contribution >= 4 is 0 Å². The predicted octanol–water partition coefficient (Wildman–Crippen LogP) is 2.67. The van der Waals surface area contributed by atoms with Gasteiger partial charge in [0.1, 0.15) is 6.61 Å². The van der Waals surface area contributed by atoms with Crippen LogP contribution in [0.2, 0.25) is 0 Å². The van der Waals surface area contributed by atoms with Crippen LogP contribution in [0.5, 0.6) is 5.75 Å². The van der Waals surface area contributed by atoms with E-state index < -0.39 is 0 Å². The molecular weight excluding hydrogens is 205 g/mol. The smallest absolute Gasteiger partial charge is 0.165 e. The molecule has 0 saturated heterocycles. The minimum Gasteiger partial charge on any atom is -0.486 e. The Morgan fingerprint density at radius 3 is 2.75 bits per heavy atom. The minimum atomic E-state index is -0.326. The second-order valence-corrected chi connectivity index (χ2v) is 3.90. The summed E-state index contributed by atoms with van der Waals surface area (Å²) < 4.78 is 18.8. The van der Waals surface area contributed by atoms with Crippen molar-refractivity contribution in [3.8, 4) is 5.75 Å². The zero-order chi connectivity index (χ0) is 12.0. The molecule has 0 bridgehead atoms. The third-order valence-electron chi connectivity index (χ3n) is 2.16. The van der Waals surface area contributed by atoms with E-state index in [-0.39, 0.29) is 5.82 Å². The van der Waals surface area contributed by atoms with Crippen LogP contribution >= 0.6 is 0 Å². The number of ether oxygens (including phenoxy) is 1. The van der Waals surface area contributed by atoms with Crippen LogP contribution < -0.4 is 10.5 Å². The zero-order valence-electron chi connectivity index (χ0n) is 9.79. The van der Waals surface area contributed by atoms with Gasteiger partial charge < -0.3 is 10.5 Å². The molecule has 0 aliphatic heterocycles. The SMILES string of the molecule is CC(C)=CCOc1ccc(CCN)cc1F. The second-order valence-electron chi connectivity index (χ2n) is 3.90. The summed E-state index contributed by atoms with van der Waals surface area (Å²) in [5.41, 5.74) is 7.45. The first-order chi connectivity index (χ1) is 7.63. The van der Waals surface area contributed by atoms with E-state index in [2.05, 4.69) is 0 Å². The van der Waals surface area contributed by atoms with Crippen molar-refractivity contribution < 1.29 is 9.13 Å². The summed E-state index contributed by atoms with van der Waals surface area (Å²) in [4.78, 5) is 0. The molecule has 88 valence electrons. The lowest BCUT2D eigenvalue weighted by molar-refractivity contribution is 0.340. The van der Waals surface area contributed by atoms with Crippen LogP contribution in [-0.4, -0.2) is 13.2 Å². The summed E-state index contributed by atoms with van der Waals surface area (Å²) in [6, 6.07) is 4.97. The lowest BCUT2D eigenvalue weighted by atomic mass is 10.1. The van der Waals surface area contributed by atoms with Crippen LogP contribution in [0.1, 0.15) is 19.4 Å². The average Bonchev–Trinajstić information content (AvgIpc) is 2.21. The largest absolute Gasteiger partial charge is 0.486 e. The Bertz CT molecular complexity index is 370. The lowest BCUT2D eigenvalue weighted by Gasteiger charge is -2.06. The molecule has 0 atom stereocenters. The number of rotatable bonds is 5. The molecule has 2 N–H and O–H groups in total. The first-order valence-electron chi connectivity index (χ1n) is 5.38. The van der Waals surface area contributed by atoms with E-state index in [9.17, 15) is 4.39 Å². The maximum absolute atomic E-state index is 13.5. The highest BCUT2D eigenvalue weighted by molar-refractivity contribution is 5.29. The molecule has 16 heavy (non-hydrogen) atoms. The van der Waals surface area contributed by atoms with Gasteiger partial charge in [0, 0.05) is 0 Å². The third-order valence-corrected chi connectivity index (χ3v) is 2.16. The van der Waals surface area contributed by atoms with Crippen molar-refractivity contribution in [2.45, 2.75) is 20.3 Å². The minimum absolute atomic E-state index is 0.290. The Morgan fingerprint density at radius 1 is 1.44 bits per heavy atom. The topological polar surface area (TPSA) is 35.2 Å². The highest BCUT2D eigenvalue weighted by Gasteiger charge is 2.03. The molecule has 0 amide bonds. The van der Waals surface area contributed by atoms with Gasteiger partial charge in [-0.25, -0.2) is 4.39 Å². The van der Waals surface area contributed by atoms with Crippen molar-refractivity contribution in [2.24, 2.45) is 5.73 Å². The van der Waals surface area contributed by atoms with Gasteiger partial charge in [-0.1, -0.05) is 11.6 Å². The van der Waals surface area contributed by atoms with Crippen molar-refractivity contribution in [3.63, 3.8) is 0 Å². The van der Waals surface area contributed by atoms with E-state index in [1.807, 2.05) is 26.0 Å². The van der Waals surface area contributed by atoms with Crippen LogP contribution in [0.4, 0.5) is 4.39 Å². The summed E-state index contributed by atoms with van der Waals surface area (Å²) in [5, 5.41) is 0. The van der Waals surface area contributed by atoms with Gasteiger partial charge >= 0.3 is 0 Å². The van der Waals surface area contributed by atoms with Gasteiger partial charge in [-0.15, -0.1) is 0 Å². The number of halogens is 1. The first kappa shape index (κ1) is 12.7. The van der Waals surface area contributed by atoms with E-state index >= 15 is 0 Å². The Kier molecular flexibility index (Phi) is 4.99. The highest BCUT2D eigenvalue weighted by atomic mass is 19.1. The fraction of sp³-hybridized carbons (Fsp3) is 0.385. The Balaban J connectivity index is 2.64. The van der Waals surface area contributed by atoms with Gasteiger partial charge in [0.2, 0.25) is 0 Å². The molecule has 0 aliphatic carbocycles. The summed E-state index contributed by atoms with van der Waals surface area (Å²) in [5.74, 6) is -0.0358. The molecule has 0 unspecified atom stereocenters. The van der Waals surface area contributed by atoms with Gasteiger partial charge in [-0.05, 0) is 50.6 Å². The molecule has 0 heterocycles. The van der Waals surface area contributed by atoms with Crippen molar-refractivity contribution in [3.05, 3.63) is 41.2 Å². The summed E-state index contributed by atoms with van der Waals surface area (Å²) in [6.07, 6.45) is 2.60. The fourth-order valence-corrected chi connectivity index (χ4v) is 1.28. The number of hydrogen-bond acceptors (Lipinski definition) is 2. The maximum atomic E-state index is 13.5. The van der Waals surface area contributed by atoms with Crippen LogP contribution in [0.3, 0.4) is 0 Å². The van der Waals surface area contributed by atoms with E-state index in [0.717, 1.165) is 11.1 Å². The Morgan fingerprint density at radius 2 is 2.19 bits per heavy atom. The number of hydrogen-bond donors (Lipinski definition) is 1. The zero-order valence-corrected chi connectivity index (χ0v) is 9.79. The molecular formula is C13H18FNO.